The summed E-state index contributed by atoms with van der Waals surface area (Å²) >= 11 is 0. The molecule has 2 amide bonds. The Kier molecular flexibility index (Phi) is 8.42. The molecule has 0 aromatic heterocycles. The van der Waals surface area contributed by atoms with Crippen LogP contribution in [0.3, 0.4) is 0 Å². The minimum absolute atomic E-state index is 0.00784. The van der Waals surface area contributed by atoms with Crippen molar-refractivity contribution in [2.24, 2.45) is 11.7 Å². The normalized spacial score (nSPS) is 22.3. The number of piperidine rings is 1. The average molecular weight is 484 g/mol. The number of hydrogen-bond donors (Lipinski definition) is 2. The van der Waals surface area contributed by atoms with E-state index in [1.807, 2.05) is 40.1 Å². The van der Waals surface area contributed by atoms with Gasteiger partial charge in [0.05, 0.1) is 5.60 Å². The summed E-state index contributed by atoms with van der Waals surface area (Å²) in [5.41, 5.74) is 6.81. The molecule has 2 fully saturated rings. The number of carbonyl (C=O) groups excluding carboxylic acids is 1. The highest BCUT2D eigenvalue weighted by molar-refractivity contribution is 5.75. The van der Waals surface area contributed by atoms with Crippen LogP contribution < -0.4 is 5.73 Å². The van der Waals surface area contributed by atoms with Gasteiger partial charge in [-0.25, -0.2) is 9.18 Å². The van der Waals surface area contributed by atoms with Gasteiger partial charge in [0.15, 0.2) is 0 Å². The first kappa shape index (κ1) is 25.6. The number of ether oxygens (including phenoxy) is 1. The monoisotopic (exact) mass is 483 g/mol. The molecule has 0 radical (unpaired) electrons. The summed E-state index contributed by atoms with van der Waals surface area (Å²) in [5.74, 6) is -0.458. The Morgan fingerprint density at radius 3 is 2.60 bits per heavy atom. The van der Waals surface area contributed by atoms with Gasteiger partial charge < -0.3 is 25.4 Å². The Morgan fingerprint density at radius 1 is 1.11 bits per heavy atom. The number of unbranched alkanes of at least 4 members (excludes halogenated alkanes) is 1. The lowest BCUT2D eigenvalue weighted by Crippen LogP contribution is -2.51. The third-order valence-electron chi connectivity index (χ3n) is 7.57. The molecule has 0 bridgehead atoms. The molecule has 0 saturated carbocycles. The van der Waals surface area contributed by atoms with E-state index in [1.165, 1.54) is 6.07 Å². The summed E-state index contributed by atoms with van der Waals surface area (Å²) in [4.78, 5) is 16.9. The van der Waals surface area contributed by atoms with Crippen molar-refractivity contribution in [1.82, 2.24) is 9.80 Å². The molecule has 0 unspecified atom stereocenters. The number of rotatable bonds is 8. The van der Waals surface area contributed by atoms with Gasteiger partial charge in [0.1, 0.15) is 5.82 Å². The molecule has 6 nitrogen and oxygen atoms in total. The molecule has 190 valence electrons. The molecule has 2 heterocycles. The number of hydrogen-bond acceptors (Lipinski definition) is 4. The summed E-state index contributed by atoms with van der Waals surface area (Å²) in [5, 5.41) is 12.2. The van der Waals surface area contributed by atoms with Gasteiger partial charge in [0, 0.05) is 57.4 Å². The zero-order valence-corrected chi connectivity index (χ0v) is 20.7. The molecular formula is C28H38FN3O3. The average Bonchev–Trinajstić information content (AvgIpc) is 3.33. The van der Waals surface area contributed by atoms with Crippen LogP contribution in [0.2, 0.25) is 0 Å². The van der Waals surface area contributed by atoms with Crippen LogP contribution in [0.5, 0.6) is 0 Å². The van der Waals surface area contributed by atoms with Crippen LogP contribution in [0.1, 0.15) is 44.1 Å². The van der Waals surface area contributed by atoms with Gasteiger partial charge in [0.2, 0.25) is 0 Å². The van der Waals surface area contributed by atoms with E-state index in [9.17, 15) is 14.3 Å². The third kappa shape index (κ3) is 5.85. The van der Waals surface area contributed by atoms with Crippen LogP contribution in [0.15, 0.2) is 48.5 Å². The fourth-order valence-electron chi connectivity index (χ4n) is 5.56. The first-order valence-corrected chi connectivity index (χ1v) is 12.8. The largest absolute Gasteiger partial charge is 0.385 e. The number of aliphatic hydroxyl groups is 1. The molecule has 2 aliphatic rings. The first-order chi connectivity index (χ1) is 16.9. The van der Waals surface area contributed by atoms with Gasteiger partial charge in [-0.3, -0.25) is 0 Å². The van der Waals surface area contributed by atoms with Gasteiger partial charge in [0.25, 0.3) is 0 Å². The molecule has 7 heteroatoms. The molecule has 0 spiro atoms. The van der Waals surface area contributed by atoms with Crippen molar-refractivity contribution in [2.45, 2.75) is 50.2 Å². The van der Waals surface area contributed by atoms with Crippen LogP contribution in [0, 0.1) is 11.7 Å². The molecule has 0 aliphatic carbocycles. The molecule has 2 saturated heterocycles. The molecule has 2 aromatic carbocycles. The lowest BCUT2D eigenvalue weighted by molar-refractivity contribution is -0.0575. The maximum atomic E-state index is 14.8. The van der Waals surface area contributed by atoms with Crippen molar-refractivity contribution < 1.29 is 19.0 Å². The van der Waals surface area contributed by atoms with Crippen LogP contribution in [0.25, 0.3) is 11.1 Å². The molecule has 35 heavy (non-hydrogen) atoms. The van der Waals surface area contributed by atoms with E-state index in [2.05, 4.69) is 0 Å². The number of methoxy groups -OCH3 is 1. The molecule has 3 N–H and O–H groups in total. The van der Waals surface area contributed by atoms with Crippen molar-refractivity contribution in [3.05, 3.63) is 59.9 Å². The van der Waals surface area contributed by atoms with E-state index in [4.69, 9.17) is 10.5 Å². The lowest BCUT2D eigenvalue weighted by atomic mass is 9.73. The number of likely N-dealkylation sites (tertiary alicyclic amines) is 2. The molecule has 2 aromatic rings. The predicted octanol–water partition coefficient (Wildman–Crippen LogP) is 4.36. The van der Waals surface area contributed by atoms with E-state index in [-0.39, 0.29) is 23.8 Å². The number of halogens is 1. The minimum atomic E-state index is -1.18. The van der Waals surface area contributed by atoms with Gasteiger partial charge in [-0.2, -0.15) is 0 Å². The highest BCUT2D eigenvalue weighted by Crippen LogP contribution is 2.41. The topological polar surface area (TPSA) is 79.0 Å². The Bertz CT molecular complexity index is 989. The lowest BCUT2D eigenvalue weighted by Gasteiger charge is -2.43. The number of amides is 2. The Labute approximate surface area is 207 Å². The van der Waals surface area contributed by atoms with Crippen LogP contribution in [-0.2, 0) is 10.3 Å². The van der Waals surface area contributed by atoms with E-state index < -0.39 is 5.60 Å². The fourth-order valence-corrected chi connectivity index (χ4v) is 5.56. The van der Waals surface area contributed by atoms with Crippen molar-refractivity contribution in [2.75, 3.05) is 39.9 Å². The summed E-state index contributed by atoms with van der Waals surface area (Å²) < 4.78 is 20.1. The maximum absolute atomic E-state index is 14.8. The zero-order valence-electron chi connectivity index (χ0n) is 20.7. The van der Waals surface area contributed by atoms with Crippen LogP contribution >= 0.6 is 0 Å². The van der Waals surface area contributed by atoms with Crippen molar-refractivity contribution in [3.8, 4) is 11.1 Å². The van der Waals surface area contributed by atoms with Gasteiger partial charge in [-0.15, -0.1) is 0 Å². The summed E-state index contributed by atoms with van der Waals surface area (Å²) in [6.07, 6.45) is 4.58. The SMILES string of the molecule is COCCCC[C@@](O)(c1ccc(F)c(-c2ccccc2)c1)[C@@H]1CCCN(C(=O)N2CC[C@H](N)C2)C1. The number of benzene rings is 2. The number of nitrogens with zero attached hydrogens (tertiary/aromatic N) is 2. The van der Waals surface area contributed by atoms with Crippen molar-refractivity contribution in [3.63, 3.8) is 0 Å². The smallest absolute Gasteiger partial charge is 0.320 e. The summed E-state index contributed by atoms with van der Waals surface area (Å²) in [6, 6.07) is 14.4. The Hall–Kier alpha value is -2.48. The Balaban J connectivity index is 1.61. The molecule has 2 aliphatic heterocycles. The van der Waals surface area contributed by atoms with Crippen LogP contribution in [0.4, 0.5) is 9.18 Å². The standard InChI is InChI=1S/C28H38FN3O3/c1-35-17-6-5-14-28(34,22-11-12-26(29)25(18-22)21-8-3-2-4-9-21)23-10-7-15-31(19-23)27(33)32-16-13-24(30)20-32/h2-4,8-9,11-12,18,23-24,34H,5-7,10,13-17,19-20,30H2,1H3/t23-,24+,28-/m1/s1. The second-order valence-electron chi connectivity index (χ2n) is 10.00. The van der Waals surface area contributed by atoms with Gasteiger partial charge in [-0.1, -0.05) is 36.4 Å². The number of carbonyl (C=O) groups is 1. The molecule has 3 atom stereocenters. The fraction of sp³-hybridized carbons (Fsp3) is 0.536. The highest BCUT2D eigenvalue weighted by atomic mass is 19.1. The molecular weight excluding hydrogens is 445 g/mol. The first-order valence-electron chi connectivity index (χ1n) is 12.8. The predicted molar refractivity (Wildman–Crippen MR) is 135 cm³/mol. The van der Waals surface area contributed by atoms with E-state index in [0.717, 1.165) is 37.7 Å². The van der Waals surface area contributed by atoms with Gasteiger partial charge in [-0.05, 0) is 61.8 Å². The second kappa shape index (κ2) is 11.5. The van der Waals surface area contributed by atoms with E-state index >= 15 is 0 Å². The second-order valence-corrected chi connectivity index (χ2v) is 10.00. The van der Waals surface area contributed by atoms with Crippen molar-refractivity contribution >= 4 is 6.03 Å². The quantitative estimate of drug-likeness (QED) is 0.547. The zero-order chi connectivity index (χ0) is 24.8. The molecule has 4 rings (SSSR count). The number of nitrogens with two attached hydrogens (primary N) is 1. The van der Waals surface area contributed by atoms with E-state index in [1.54, 1.807) is 19.2 Å². The minimum Gasteiger partial charge on any atom is -0.385 e. The van der Waals surface area contributed by atoms with Crippen LogP contribution in [-0.4, -0.2) is 66.9 Å². The van der Waals surface area contributed by atoms with E-state index in [0.29, 0.717) is 50.3 Å². The highest BCUT2D eigenvalue weighted by Gasteiger charge is 2.42. The number of urea groups is 1. The summed E-state index contributed by atoms with van der Waals surface area (Å²) in [6.45, 7) is 3.04. The van der Waals surface area contributed by atoms with Gasteiger partial charge >= 0.3 is 6.03 Å². The Morgan fingerprint density at radius 2 is 1.89 bits per heavy atom. The summed E-state index contributed by atoms with van der Waals surface area (Å²) in [7, 11) is 1.67. The third-order valence-corrected chi connectivity index (χ3v) is 7.57. The van der Waals surface area contributed by atoms with Crippen molar-refractivity contribution in [1.29, 1.82) is 0 Å². The maximum Gasteiger partial charge on any atom is 0.320 e.